The zero-order chi connectivity index (χ0) is 23.9. The molecule has 4 rings (SSSR count). The van der Waals surface area contributed by atoms with Crippen LogP contribution in [0.1, 0.15) is 27.4 Å². The molecule has 8 nitrogen and oxygen atoms in total. The van der Waals surface area contributed by atoms with Crippen LogP contribution < -0.4 is 10.1 Å². The van der Waals surface area contributed by atoms with Gasteiger partial charge in [-0.2, -0.15) is 23.4 Å². The van der Waals surface area contributed by atoms with Crippen LogP contribution in [0.5, 0.6) is 5.75 Å². The zero-order valence-electron chi connectivity index (χ0n) is 17.7. The van der Waals surface area contributed by atoms with Gasteiger partial charge in [0.15, 0.2) is 17.0 Å². The zero-order valence-corrected chi connectivity index (χ0v) is 18.5. The fourth-order valence-electron chi connectivity index (χ4n) is 3.35. The van der Waals surface area contributed by atoms with Crippen LogP contribution >= 0.6 is 11.6 Å². The standard InChI is InChI=1S/C21H18ClF3N6O2/c1-11-13(10-30(2)28-11)9-26-20(32)18-17(22)19-27-15(12-5-4-6-14(7-12)33-3)8-16(21(23,24)25)31(19)29-18/h4-8,10H,9H2,1-3H3,(H,26,32). The van der Waals surface area contributed by atoms with Crippen molar-refractivity contribution in [3.8, 4) is 17.0 Å². The van der Waals surface area contributed by atoms with Crippen molar-refractivity contribution in [3.63, 3.8) is 0 Å². The molecule has 0 atom stereocenters. The second-order valence-electron chi connectivity index (χ2n) is 7.25. The molecule has 0 saturated heterocycles. The number of ether oxygens (including phenoxy) is 1. The molecular weight excluding hydrogens is 461 g/mol. The van der Waals surface area contributed by atoms with Gasteiger partial charge >= 0.3 is 6.18 Å². The molecule has 0 spiro atoms. The molecule has 0 unspecified atom stereocenters. The highest BCUT2D eigenvalue weighted by atomic mass is 35.5. The van der Waals surface area contributed by atoms with Gasteiger partial charge in [-0.15, -0.1) is 0 Å². The Labute approximate surface area is 190 Å². The first kappa shape index (κ1) is 22.6. The third-order valence-corrected chi connectivity index (χ3v) is 5.31. The van der Waals surface area contributed by atoms with E-state index >= 15 is 0 Å². The molecule has 1 aromatic carbocycles. The Morgan fingerprint density at radius 1 is 1.24 bits per heavy atom. The van der Waals surface area contributed by atoms with E-state index in [0.29, 0.717) is 21.5 Å². The van der Waals surface area contributed by atoms with E-state index in [4.69, 9.17) is 16.3 Å². The minimum absolute atomic E-state index is 0.00784. The molecule has 3 aromatic heterocycles. The number of amides is 1. The number of halogens is 4. The van der Waals surface area contributed by atoms with E-state index in [-0.39, 0.29) is 28.6 Å². The molecular formula is C21H18ClF3N6O2. The molecule has 0 aliphatic rings. The number of hydrogen-bond acceptors (Lipinski definition) is 5. The summed E-state index contributed by atoms with van der Waals surface area (Å²) in [6, 6.07) is 7.28. The maximum absolute atomic E-state index is 13.9. The fourth-order valence-corrected chi connectivity index (χ4v) is 3.60. The molecule has 0 aliphatic carbocycles. The van der Waals surface area contributed by atoms with Crippen molar-refractivity contribution in [2.75, 3.05) is 7.11 Å². The summed E-state index contributed by atoms with van der Waals surface area (Å²) in [6.07, 6.45) is -3.05. The second kappa shape index (κ2) is 8.39. The van der Waals surface area contributed by atoms with Crippen LogP contribution in [0.25, 0.3) is 16.9 Å². The molecule has 0 bridgehead atoms. The predicted octanol–water partition coefficient (Wildman–Crippen LogP) is 4.05. The number of fused-ring (bicyclic) bond motifs is 1. The van der Waals surface area contributed by atoms with E-state index in [1.54, 1.807) is 49.1 Å². The lowest BCUT2D eigenvalue weighted by Crippen LogP contribution is -2.24. The Balaban J connectivity index is 1.77. The minimum atomic E-state index is -4.77. The minimum Gasteiger partial charge on any atom is -0.497 e. The number of carbonyl (C=O) groups is 1. The fraction of sp³-hybridized carbons (Fsp3) is 0.238. The van der Waals surface area contributed by atoms with E-state index < -0.39 is 17.8 Å². The maximum Gasteiger partial charge on any atom is 0.433 e. The van der Waals surface area contributed by atoms with Gasteiger partial charge < -0.3 is 10.1 Å². The lowest BCUT2D eigenvalue weighted by molar-refractivity contribution is -0.142. The monoisotopic (exact) mass is 478 g/mol. The van der Waals surface area contributed by atoms with Gasteiger partial charge in [0, 0.05) is 30.9 Å². The number of nitrogens with one attached hydrogen (secondary N) is 1. The van der Waals surface area contributed by atoms with Gasteiger partial charge in [0.1, 0.15) is 10.8 Å². The van der Waals surface area contributed by atoms with Crippen molar-refractivity contribution >= 4 is 23.2 Å². The van der Waals surface area contributed by atoms with E-state index in [0.717, 1.165) is 11.6 Å². The molecule has 3 heterocycles. The highest BCUT2D eigenvalue weighted by Crippen LogP contribution is 2.35. The molecule has 172 valence electrons. The molecule has 12 heteroatoms. The Bertz CT molecular complexity index is 1360. The van der Waals surface area contributed by atoms with Crippen molar-refractivity contribution in [2.24, 2.45) is 7.05 Å². The van der Waals surface area contributed by atoms with E-state index in [9.17, 15) is 18.0 Å². The average molecular weight is 479 g/mol. The predicted molar refractivity (Wildman–Crippen MR) is 114 cm³/mol. The highest BCUT2D eigenvalue weighted by molar-refractivity contribution is 6.36. The van der Waals surface area contributed by atoms with Gasteiger partial charge in [-0.25, -0.2) is 9.50 Å². The third-order valence-electron chi connectivity index (χ3n) is 4.96. The summed E-state index contributed by atoms with van der Waals surface area (Å²) >= 11 is 6.29. The van der Waals surface area contributed by atoms with Crippen molar-refractivity contribution in [1.29, 1.82) is 0 Å². The molecule has 4 aromatic rings. The summed E-state index contributed by atoms with van der Waals surface area (Å²) in [4.78, 5) is 17.0. The first-order chi connectivity index (χ1) is 15.6. The third kappa shape index (κ3) is 4.36. The van der Waals surface area contributed by atoms with Crippen LogP contribution in [0.2, 0.25) is 5.02 Å². The Morgan fingerprint density at radius 3 is 2.64 bits per heavy atom. The highest BCUT2D eigenvalue weighted by Gasteiger charge is 2.36. The molecule has 1 amide bonds. The molecule has 1 N–H and O–H groups in total. The molecule has 0 radical (unpaired) electrons. The van der Waals surface area contributed by atoms with Crippen molar-refractivity contribution in [2.45, 2.75) is 19.6 Å². The lowest BCUT2D eigenvalue weighted by atomic mass is 10.1. The number of benzene rings is 1. The van der Waals surface area contributed by atoms with Gasteiger partial charge in [0.25, 0.3) is 5.91 Å². The smallest absolute Gasteiger partial charge is 0.433 e. The number of carbonyl (C=O) groups excluding carboxylic acids is 1. The van der Waals surface area contributed by atoms with Crippen molar-refractivity contribution in [3.05, 3.63) is 64.2 Å². The summed E-state index contributed by atoms with van der Waals surface area (Å²) < 4.78 is 48.8. The molecule has 0 fully saturated rings. The average Bonchev–Trinajstić information content (AvgIpc) is 3.28. The van der Waals surface area contributed by atoms with Gasteiger partial charge in [0.2, 0.25) is 0 Å². The van der Waals surface area contributed by atoms with Gasteiger partial charge in [-0.3, -0.25) is 9.48 Å². The Morgan fingerprint density at radius 2 is 2.00 bits per heavy atom. The number of nitrogens with zero attached hydrogens (tertiary/aromatic N) is 5. The first-order valence-corrected chi connectivity index (χ1v) is 10.0. The number of methoxy groups -OCH3 is 1. The molecule has 33 heavy (non-hydrogen) atoms. The van der Waals surface area contributed by atoms with Gasteiger partial charge in [-0.1, -0.05) is 23.7 Å². The second-order valence-corrected chi connectivity index (χ2v) is 7.63. The van der Waals surface area contributed by atoms with Crippen LogP contribution in [0, 0.1) is 6.92 Å². The number of aryl methyl sites for hydroxylation is 2. The largest absolute Gasteiger partial charge is 0.497 e. The van der Waals surface area contributed by atoms with Crippen LogP contribution in [0.15, 0.2) is 36.5 Å². The van der Waals surface area contributed by atoms with Crippen LogP contribution in [0.3, 0.4) is 0 Å². The first-order valence-electron chi connectivity index (χ1n) is 9.66. The maximum atomic E-state index is 13.9. The van der Waals surface area contributed by atoms with Crippen molar-refractivity contribution < 1.29 is 22.7 Å². The number of alkyl halides is 3. The summed E-state index contributed by atoms with van der Waals surface area (Å²) in [5.74, 6) is -0.280. The van der Waals surface area contributed by atoms with E-state index in [1.165, 1.54) is 7.11 Å². The summed E-state index contributed by atoms with van der Waals surface area (Å²) in [5.41, 5.74) is 0.0922. The Kier molecular flexibility index (Phi) is 5.75. The summed E-state index contributed by atoms with van der Waals surface area (Å²) in [5, 5.41) is 10.3. The van der Waals surface area contributed by atoms with E-state index in [1.807, 2.05) is 0 Å². The number of aromatic nitrogens is 5. The number of rotatable bonds is 5. The van der Waals surface area contributed by atoms with Gasteiger partial charge in [0.05, 0.1) is 18.5 Å². The van der Waals surface area contributed by atoms with Crippen molar-refractivity contribution in [1.82, 2.24) is 29.7 Å². The van der Waals surface area contributed by atoms with Gasteiger partial charge in [-0.05, 0) is 25.1 Å². The summed E-state index contributed by atoms with van der Waals surface area (Å²) in [7, 11) is 3.18. The Hall–Kier alpha value is -3.60. The summed E-state index contributed by atoms with van der Waals surface area (Å²) in [6.45, 7) is 1.89. The lowest BCUT2D eigenvalue weighted by Gasteiger charge is -2.11. The SMILES string of the molecule is COc1cccc(-c2cc(C(F)(F)F)n3nc(C(=O)NCc4cn(C)nc4C)c(Cl)c3n2)c1. The van der Waals surface area contributed by atoms with E-state index in [2.05, 4.69) is 20.5 Å². The normalized spacial score (nSPS) is 11.7. The van der Waals surface area contributed by atoms with Crippen LogP contribution in [-0.4, -0.2) is 37.4 Å². The number of hydrogen-bond donors (Lipinski definition) is 1. The topological polar surface area (TPSA) is 86.3 Å². The molecule has 0 saturated carbocycles. The molecule has 0 aliphatic heterocycles. The quantitative estimate of drug-likeness (QED) is 0.467. The van der Waals surface area contributed by atoms with Crippen LogP contribution in [-0.2, 0) is 19.8 Å². The van der Waals surface area contributed by atoms with Crippen LogP contribution in [0.4, 0.5) is 13.2 Å².